The second-order valence-electron chi connectivity index (χ2n) is 5.07. The molecule has 0 saturated heterocycles. The van der Waals surface area contributed by atoms with Crippen LogP contribution in [0, 0.1) is 5.82 Å². The van der Waals surface area contributed by atoms with Crippen LogP contribution >= 0.6 is 0 Å². The summed E-state index contributed by atoms with van der Waals surface area (Å²) in [5.74, 6) is 0.475. The third kappa shape index (κ3) is 3.27. The summed E-state index contributed by atoms with van der Waals surface area (Å²) < 4.78 is 19.2. The molecule has 0 atom stereocenters. The highest BCUT2D eigenvalue weighted by molar-refractivity contribution is 5.88. The summed E-state index contributed by atoms with van der Waals surface area (Å²) in [5, 5.41) is 0. The number of hydrogen-bond acceptors (Lipinski definition) is 5. The molecule has 0 unspecified atom stereocenters. The van der Waals surface area contributed by atoms with Crippen LogP contribution in [0.25, 0.3) is 11.1 Å². The first-order valence-electron chi connectivity index (χ1n) is 7.38. The molecule has 0 radical (unpaired) electrons. The number of halogens is 1. The Morgan fingerprint density at radius 1 is 1.17 bits per heavy atom. The van der Waals surface area contributed by atoms with Crippen molar-refractivity contribution in [3.8, 4) is 22.8 Å². The second kappa shape index (κ2) is 6.95. The summed E-state index contributed by atoms with van der Waals surface area (Å²) in [6, 6.07) is 6.28. The van der Waals surface area contributed by atoms with E-state index in [1.807, 2.05) is 6.92 Å². The Bertz CT molecular complexity index is 884. The van der Waals surface area contributed by atoms with Crippen molar-refractivity contribution >= 4 is 6.29 Å². The fourth-order valence-corrected chi connectivity index (χ4v) is 2.30. The lowest BCUT2D eigenvalue weighted by Gasteiger charge is -2.11. The van der Waals surface area contributed by atoms with Gasteiger partial charge in [-0.1, -0.05) is 6.92 Å². The number of carbonyl (C=O) groups is 1. The average molecular weight is 323 g/mol. The van der Waals surface area contributed by atoms with E-state index in [0.717, 1.165) is 18.2 Å². The molecule has 2 heterocycles. The second-order valence-corrected chi connectivity index (χ2v) is 5.07. The summed E-state index contributed by atoms with van der Waals surface area (Å²) in [5.41, 5.74) is 2.33. The van der Waals surface area contributed by atoms with E-state index >= 15 is 0 Å². The maximum absolute atomic E-state index is 13.4. The molecule has 5 nitrogen and oxygen atoms in total. The number of carbonyl (C=O) groups excluding carboxylic acids is 1. The lowest BCUT2D eigenvalue weighted by Crippen LogP contribution is -1.96. The molecular weight excluding hydrogens is 309 g/mol. The lowest BCUT2D eigenvalue weighted by molar-refractivity contribution is 0.112. The quantitative estimate of drug-likeness (QED) is 0.667. The van der Waals surface area contributed by atoms with Crippen molar-refractivity contribution in [2.45, 2.75) is 13.3 Å². The fraction of sp³-hybridized carbons (Fsp3) is 0.111. The monoisotopic (exact) mass is 323 g/mol. The van der Waals surface area contributed by atoms with Gasteiger partial charge in [0.15, 0.2) is 6.29 Å². The molecule has 1 aromatic carbocycles. The predicted molar refractivity (Wildman–Crippen MR) is 86.5 cm³/mol. The Labute approximate surface area is 138 Å². The standard InChI is InChI=1S/C18H14FN3O2/c1-2-12-7-21-11-22-18(12)24-16-4-3-13(10-23)17(6-16)14-5-15(19)9-20-8-14/h3-11H,2H2,1H3. The fourth-order valence-electron chi connectivity index (χ4n) is 2.30. The van der Waals surface area contributed by atoms with E-state index < -0.39 is 5.82 Å². The summed E-state index contributed by atoms with van der Waals surface area (Å²) in [4.78, 5) is 23.2. The maximum Gasteiger partial charge on any atom is 0.225 e. The zero-order valence-electron chi connectivity index (χ0n) is 12.9. The molecule has 3 rings (SSSR count). The first-order chi connectivity index (χ1) is 11.7. The number of pyridine rings is 1. The van der Waals surface area contributed by atoms with Gasteiger partial charge in [-0.05, 0) is 36.2 Å². The number of rotatable bonds is 5. The predicted octanol–water partition coefficient (Wildman–Crippen LogP) is 3.84. The molecule has 0 spiro atoms. The molecule has 120 valence electrons. The van der Waals surface area contributed by atoms with Crippen molar-refractivity contribution in [1.29, 1.82) is 0 Å². The molecule has 0 amide bonds. The summed E-state index contributed by atoms with van der Waals surface area (Å²) in [6.45, 7) is 1.98. The van der Waals surface area contributed by atoms with Crippen LogP contribution in [0.4, 0.5) is 4.39 Å². The molecule has 24 heavy (non-hydrogen) atoms. The molecule has 2 aromatic heterocycles. The number of ether oxygens (including phenoxy) is 1. The molecule has 0 aliphatic rings. The number of aldehydes is 1. The molecule has 0 bridgehead atoms. The van der Waals surface area contributed by atoms with Crippen LogP contribution in [0.5, 0.6) is 11.6 Å². The minimum Gasteiger partial charge on any atom is -0.439 e. The average Bonchev–Trinajstić information content (AvgIpc) is 2.62. The van der Waals surface area contributed by atoms with E-state index in [1.54, 1.807) is 24.4 Å². The van der Waals surface area contributed by atoms with Gasteiger partial charge in [-0.15, -0.1) is 0 Å². The number of hydrogen-bond donors (Lipinski definition) is 0. The molecule has 6 heteroatoms. The SMILES string of the molecule is CCc1cncnc1Oc1ccc(C=O)c(-c2cncc(F)c2)c1. The van der Waals surface area contributed by atoms with Gasteiger partial charge >= 0.3 is 0 Å². The Morgan fingerprint density at radius 3 is 2.79 bits per heavy atom. The third-order valence-corrected chi connectivity index (χ3v) is 3.51. The van der Waals surface area contributed by atoms with Crippen LogP contribution < -0.4 is 4.74 Å². The van der Waals surface area contributed by atoms with Crippen LogP contribution in [0.2, 0.25) is 0 Å². The van der Waals surface area contributed by atoms with Crippen LogP contribution in [0.15, 0.2) is 49.2 Å². The Balaban J connectivity index is 2.02. The van der Waals surface area contributed by atoms with Gasteiger partial charge in [0.25, 0.3) is 0 Å². The van der Waals surface area contributed by atoms with E-state index in [1.165, 1.54) is 18.6 Å². The van der Waals surface area contributed by atoms with Crippen molar-refractivity contribution in [3.63, 3.8) is 0 Å². The molecule has 0 aliphatic carbocycles. The van der Waals surface area contributed by atoms with E-state index in [9.17, 15) is 9.18 Å². The summed E-state index contributed by atoms with van der Waals surface area (Å²) >= 11 is 0. The smallest absolute Gasteiger partial charge is 0.225 e. The topological polar surface area (TPSA) is 65.0 Å². The Kier molecular flexibility index (Phi) is 4.56. The molecule has 0 N–H and O–H groups in total. The largest absolute Gasteiger partial charge is 0.439 e. The zero-order valence-corrected chi connectivity index (χ0v) is 12.9. The normalized spacial score (nSPS) is 10.4. The minimum absolute atomic E-state index is 0.424. The summed E-state index contributed by atoms with van der Waals surface area (Å²) in [7, 11) is 0. The highest BCUT2D eigenvalue weighted by Gasteiger charge is 2.11. The van der Waals surface area contributed by atoms with Gasteiger partial charge in [0.05, 0.1) is 6.20 Å². The first kappa shape index (κ1) is 15.7. The molecular formula is C18H14FN3O2. The van der Waals surface area contributed by atoms with Crippen LogP contribution in [-0.2, 0) is 6.42 Å². The van der Waals surface area contributed by atoms with Gasteiger partial charge < -0.3 is 4.74 Å². The lowest BCUT2D eigenvalue weighted by atomic mass is 10.0. The molecule has 3 aromatic rings. The van der Waals surface area contributed by atoms with E-state index in [4.69, 9.17) is 4.74 Å². The van der Waals surface area contributed by atoms with Crippen LogP contribution in [0.3, 0.4) is 0 Å². The molecule has 0 fully saturated rings. The number of aromatic nitrogens is 3. The number of nitrogens with zero attached hydrogens (tertiary/aromatic N) is 3. The van der Waals surface area contributed by atoms with Crippen molar-refractivity contribution in [3.05, 3.63) is 66.1 Å². The summed E-state index contributed by atoms with van der Waals surface area (Å²) in [6.07, 6.45) is 7.15. The van der Waals surface area contributed by atoms with Crippen molar-refractivity contribution in [1.82, 2.24) is 15.0 Å². The van der Waals surface area contributed by atoms with Gasteiger partial charge in [0, 0.05) is 29.1 Å². The van der Waals surface area contributed by atoms with Crippen LogP contribution in [-0.4, -0.2) is 21.2 Å². The van der Waals surface area contributed by atoms with E-state index in [0.29, 0.717) is 34.6 Å². The van der Waals surface area contributed by atoms with Gasteiger partial charge in [-0.25, -0.2) is 14.4 Å². The van der Waals surface area contributed by atoms with Gasteiger partial charge in [0.1, 0.15) is 17.9 Å². The highest BCUT2D eigenvalue weighted by atomic mass is 19.1. The van der Waals surface area contributed by atoms with Gasteiger partial charge in [0.2, 0.25) is 5.88 Å². The Hall–Kier alpha value is -3.15. The van der Waals surface area contributed by atoms with E-state index in [-0.39, 0.29) is 0 Å². The van der Waals surface area contributed by atoms with Gasteiger partial charge in [-0.2, -0.15) is 0 Å². The van der Waals surface area contributed by atoms with Crippen molar-refractivity contribution in [2.75, 3.05) is 0 Å². The Morgan fingerprint density at radius 2 is 2.04 bits per heavy atom. The minimum atomic E-state index is -0.472. The number of benzene rings is 1. The van der Waals surface area contributed by atoms with E-state index in [2.05, 4.69) is 15.0 Å². The van der Waals surface area contributed by atoms with Crippen molar-refractivity contribution in [2.24, 2.45) is 0 Å². The number of aryl methyl sites for hydroxylation is 1. The van der Waals surface area contributed by atoms with Gasteiger partial charge in [-0.3, -0.25) is 9.78 Å². The third-order valence-electron chi connectivity index (χ3n) is 3.51. The maximum atomic E-state index is 13.4. The highest BCUT2D eigenvalue weighted by Crippen LogP contribution is 2.30. The first-order valence-corrected chi connectivity index (χ1v) is 7.38. The zero-order chi connectivity index (χ0) is 16.9. The molecule has 0 saturated carbocycles. The van der Waals surface area contributed by atoms with Crippen molar-refractivity contribution < 1.29 is 13.9 Å². The molecule has 0 aliphatic heterocycles. The van der Waals surface area contributed by atoms with Crippen LogP contribution in [0.1, 0.15) is 22.8 Å².